The molecule has 160 valence electrons. The van der Waals surface area contributed by atoms with Crippen LogP contribution >= 0.6 is 0 Å². The Morgan fingerprint density at radius 2 is 1.97 bits per heavy atom. The van der Waals surface area contributed by atoms with Gasteiger partial charge >= 0.3 is 11.8 Å². The Hall–Kier alpha value is -2.28. The maximum absolute atomic E-state index is 12.4. The number of benzene rings is 1. The highest BCUT2D eigenvalue weighted by molar-refractivity contribution is 6.35. The van der Waals surface area contributed by atoms with E-state index in [-0.39, 0.29) is 12.0 Å². The molecule has 3 atom stereocenters. The number of methoxy groups -OCH3 is 1. The van der Waals surface area contributed by atoms with Crippen LogP contribution in [-0.4, -0.2) is 61.3 Å². The summed E-state index contributed by atoms with van der Waals surface area (Å²) in [5.74, 6) is 0.0287. The standard InChI is InChI=1S/C22H32N2O5/c1-14(25)22(2)13-24(21(27)20(26)23-3)12-17(22)15-9-10-18(28-4)19(11-15)29-16-7-5-6-8-16/h9-11,14,16-17,25H,5-8,12-13H2,1-4H3,(H,23,26)/t14?,17-,22-/m0/s1. The highest BCUT2D eigenvalue weighted by Crippen LogP contribution is 2.47. The summed E-state index contributed by atoms with van der Waals surface area (Å²) in [6.45, 7) is 4.37. The number of hydrogen-bond acceptors (Lipinski definition) is 5. The second-order valence-electron chi connectivity index (χ2n) is 8.43. The topological polar surface area (TPSA) is 88.1 Å². The third-order valence-electron chi connectivity index (χ3n) is 6.58. The van der Waals surface area contributed by atoms with Gasteiger partial charge in [0.05, 0.1) is 19.3 Å². The second kappa shape index (κ2) is 8.61. The Kier molecular flexibility index (Phi) is 6.36. The van der Waals surface area contributed by atoms with Crippen LogP contribution < -0.4 is 14.8 Å². The Labute approximate surface area is 172 Å². The molecule has 2 aliphatic rings. The van der Waals surface area contributed by atoms with Crippen LogP contribution in [0.5, 0.6) is 11.5 Å². The van der Waals surface area contributed by atoms with Crippen molar-refractivity contribution in [1.29, 1.82) is 0 Å². The molecule has 3 rings (SSSR count). The molecular weight excluding hydrogens is 372 g/mol. The average molecular weight is 405 g/mol. The van der Waals surface area contributed by atoms with E-state index in [1.165, 1.54) is 24.8 Å². The van der Waals surface area contributed by atoms with Gasteiger partial charge in [0.1, 0.15) is 0 Å². The molecule has 1 saturated carbocycles. The number of hydrogen-bond donors (Lipinski definition) is 2. The van der Waals surface area contributed by atoms with Crippen LogP contribution in [0.25, 0.3) is 0 Å². The van der Waals surface area contributed by atoms with Crippen molar-refractivity contribution >= 4 is 11.8 Å². The van der Waals surface area contributed by atoms with Crippen LogP contribution in [0.2, 0.25) is 0 Å². The van der Waals surface area contributed by atoms with Gasteiger partial charge in [0.2, 0.25) is 0 Å². The van der Waals surface area contributed by atoms with Gasteiger partial charge in [-0.15, -0.1) is 0 Å². The first-order chi connectivity index (χ1) is 13.8. The Morgan fingerprint density at radius 1 is 1.28 bits per heavy atom. The summed E-state index contributed by atoms with van der Waals surface area (Å²) in [5, 5.41) is 12.9. The summed E-state index contributed by atoms with van der Waals surface area (Å²) < 4.78 is 11.7. The van der Waals surface area contributed by atoms with Crippen molar-refractivity contribution in [3.8, 4) is 11.5 Å². The van der Waals surface area contributed by atoms with Gasteiger partial charge in [-0.3, -0.25) is 9.59 Å². The zero-order chi connectivity index (χ0) is 21.2. The molecule has 2 N–H and O–H groups in total. The summed E-state index contributed by atoms with van der Waals surface area (Å²) in [4.78, 5) is 25.8. The van der Waals surface area contributed by atoms with E-state index in [0.29, 0.717) is 24.6 Å². The number of rotatable bonds is 5. The fourth-order valence-corrected chi connectivity index (χ4v) is 4.52. The molecule has 1 aromatic rings. The molecule has 7 nitrogen and oxygen atoms in total. The lowest BCUT2D eigenvalue weighted by Gasteiger charge is -2.34. The molecule has 1 aliphatic heterocycles. The minimum absolute atomic E-state index is 0.132. The molecular formula is C22H32N2O5. The fourth-order valence-electron chi connectivity index (χ4n) is 4.52. The molecule has 1 heterocycles. The van der Waals surface area contributed by atoms with Crippen molar-refractivity contribution in [3.63, 3.8) is 0 Å². The third-order valence-corrected chi connectivity index (χ3v) is 6.58. The van der Waals surface area contributed by atoms with E-state index in [1.807, 2.05) is 25.1 Å². The zero-order valence-electron chi connectivity index (χ0n) is 17.7. The molecule has 0 radical (unpaired) electrons. The first kappa shape index (κ1) is 21.4. The van der Waals surface area contributed by atoms with E-state index < -0.39 is 23.3 Å². The molecule has 0 aromatic heterocycles. The lowest BCUT2D eigenvalue weighted by atomic mass is 9.72. The van der Waals surface area contributed by atoms with Crippen molar-refractivity contribution < 1.29 is 24.2 Å². The maximum atomic E-state index is 12.4. The minimum atomic E-state index is -0.656. The summed E-state index contributed by atoms with van der Waals surface area (Å²) in [5.41, 5.74) is 0.387. The smallest absolute Gasteiger partial charge is 0.311 e. The molecule has 0 spiro atoms. The number of ether oxygens (including phenoxy) is 2. The molecule has 1 saturated heterocycles. The van der Waals surface area contributed by atoms with Crippen molar-refractivity contribution in [2.45, 2.75) is 57.7 Å². The molecule has 1 aliphatic carbocycles. The van der Waals surface area contributed by atoms with Crippen molar-refractivity contribution in [3.05, 3.63) is 23.8 Å². The predicted octanol–water partition coefficient (Wildman–Crippen LogP) is 2.08. The molecule has 7 heteroatoms. The first-order valence-electron chi connectivity index (χ1n) is 10.3. The SMILES string of the molecule is CNC(=O)C(=O)N1C[C@@H](c2ccc(OC)c(OC3CCCC3)c2)[C@](C)(C(C)O)C1. The largest absolute Gasteiger partial charge is 0.493 e. The number of carbonyl (C=O) groups excluding carboxylic acids is 2. The maximum Gasteiger partial charge on any atom is 0.311 e. The Morgan fingerprint density at radius 3 is 2.55 bits per heavy atom. The Bertz CT molecular complexity index is 760. The second-order valence-corrected chi connectivity index (χ2v) is 8.43. The van der Waals surface area contributed by atoms with E-state index in [9.17, 15) is 14.7 Å². The molecule has 2 amide bonds. The number of likely N-dealkylation sites (N-methyl/N-ethyl adjacent to an activating group) is 1. The van der Waals surface area contributed by atoms with Gasteiger partial charge in [0.15, 0.2) is 11.5 Å². The quantitative estimate of drug-likeness (QED) is 0.734. The lowest BCUT2D eigenvalue weighted by Crippen LogP contribution is -2.42. The number of nitrogens with zero attached hydrogens (tertiary/aromatic N) is 1. The van der Waals surface area contributed by atoms with Crippen molar-refractivity contribution in [2.24, 2.45) is 5.41 Å². The zero-order valence-corrected chi connectivity index (χ0v) is 17.7. The predicted molar refractivity (Wildman–Crippen MR) is 109 cm³/mol. The number of amides is 2. The summed E-state index contributed by atoms with van der Waals surface area (Å²) in [7, 11) is 3.06. The van der Waals surface area contributed by atoms with Crippen LogP contribution in [0.4, 0.5) is 0 Å². The van der Waals surface area contributed by atoms with Crippen LogP contribution in [0, 0.1) is 5.41 Å². The number of nitrogens with one attached hydrogen (secondary N) is 1. The highest BCUT2D eigenvalue weighted by atomic mass is 16.5. The molecule has 0 bridgehead atoms. The van der Waals surface area contributed by atoms with E-state index in [0.717, 1.165) is 18.4 Å². The van der Waals surface area contributed by atoms with E-state index in [4.69, 9.17) is 9.47 Å². The van der Waals surface area contributed by atoms with Crippen molar-refractivity contribution in [1.82, 2.24) is 10.2 Å². The van der Waals surface area contributed by atoms with Gasteiger partial charge in [-0.2, -0.15) is 0 Å². The van der Waals surface area contributed by atoms with Gasteiger partial charge in [0, 0.05) is 31.5 Å². The monoisotopic (exact) mass is 404 g/mol. The Balaban J connectivity index is 1.91. The van der Waals surface area contributed by atoms with Gasteiger partial charge in [-0.05, 0) is 50.3 Å². The molecule has 29 heavy (non-hydrogen) atoms. The molecule has 1 aromatic carbocycles. The van der Waals surface area contributed by atoms with E-state index >= 15 is 0 Å². The van der Waals surface area contributed by atoms with Crippen LogP contribution in [-0.2, 0) is 9.59 Å². The number of aliphatic hydroxyl groups excluding tert-OH is 1. The normalized spacial score (nSPS) is 25.7. The number of likely N-dealkylation sites (tertiary alicyclic amines) is 1. The van der Waals surface area contributed by atoms with Crippen LogP contribution in [0.15, 0.2) is 18.2 Å². The lowest BCUT2D eigenvalue weighted by molar-refractivity contribution is -0.145. The van der Waals surface area contributed by atoms with E-state index in [1.54, 1.807) is 14.0 Å². The summed E-state index contributed by atoms with van der Waals surface area (Å²) in [6.07, 6.45) is 3.96. The number of aliphatic hydroxyl groups is 1. The van der Waals surface area contributed by atoms with E-state index in [2.05, 4.69) is 5.32 Å². The molecule has 1 unspecified atom stereocenters. The number of carbonyl (C=O) groups is 2. The third kappa shape index (κ3) is 4.20. The van der Waals surface area contributed by atoms with Gasteiger partial charge in [-0.25, -0.2) is 0 Å². The highest BCUT2D eigenvalue weighted by Gasteiger charge is 2.49. The van der Waals surface area contributed by atoms with Crippen LogP contribution in [0.1, 0.15) is 51.0 Å². The fraction of sp³-hybridized carbons (Fsp3) is 0.636. The summed E-state index contributed by atoms with van der Waals surface area (Å²) in [6, 6.07) is 5.81. The average Bonchev–Trinajstić information content (AvgIpc) is 3.35. The first-order valence-corrected chi connectivity index (χ1v) is 10.3. The van der Waals surface area contributed by atoms with Crippen molar-refractivity contribution in [2.75, 3.05) is 27.2 Å². The van der Waals surface area contributed by atoms with Gasteiger partial charge in [-0.1, -0.05) is 13.0 Å². The van der Waals surface area contributed by atoms with Gasteiger partial charge < -0.3 is 24.8 Å². The van der Waals surface area contributed by atoms with Crippen LogP contribution in [0.3, 0.4) is 0 Å². The summed E-state index contributed by atoms with van der Waals surface area (Å²) >= 11 is 0. The minimum Gasteiger partial charge on any atom is -0.493 e. The van der Waals surface area contributed by atoms with Gasteiger partial charge in [0.25, 0.3) is 0 Å². The molecule has 2 fully saturated rings.